The second-order valence-corrected chi connectivity index (χ2v) is 3.93. The minimum atomic E-state index is 0.744. The molecule has 1 atom stereocenters. The first-order valence-electron chi connectivity index (χ1n) is 5.33. The smallest absolute Gasteiger partial charge is 0.0224 e. The Morgan fingerprint density at radius 2 is 2.38 bits per heavy atom. The summed E-state index contributed by atoms with van der Waals surface area (Å²) in [5.74, 6) is 0. The van der Waals surface area contributed by atoms with Crippen molar-refractivity contribution >= 4 is 0 Å². The Labute approximate surface area is 82.0 Å². The molecule has 76 valence electrons. The van der Waals surface area contributed by atoms with Gasteiger partial charge in [0.1, 0.15) is 0 Å². The van der Waals surface area contributed by atoms with Crippen LogP contribution in [0.4, 0.5) is 0 Å². The van der Waals surface area contributed by atoms with Crippen LogP contribution in [0.5, 0.6) is 0 Å². The number of likely N-dealkylation sites (tertiary alicyclic amines) is 1. The van der Waals surface area contributed by atoms with Gasteiger partial charge in [0, 0.05) is 19.1 Å². The highest BCUT2D eigenvalue weighted by molar-refractivity contribution is 4.98. The van der Waals surface area contributed by atoms with Crippen molar-refractivity contribution < 1.29 is 0 Å². The molecule has 0 aromatic rings. The highest BCUT2D eigenvalue weighted by Gasteiger charge is 2.23. The molecular formula is C11H22N2. The lowest BCUT2D eigenvalue weighted by Gasteiger charge is -2.24. The Bertz CT molecular complexity index is 165. The molecule has 0 aromatic heterocycles. The number of likely N-dealkylation sites (N-methyl/N-ethyl adjacent to an activating group) is 1. The van der Waals surface area contributed by atoms with Crippen LogP contribution in [0, 0.1) is 0 Å². The minimum absolute atomic E-state index is 0.744. The number of hydrogen-bond acceptors (Lipinski definition) is 2. The van der Waals surface area contributed by atoms with Gasteiger partial charge in [-0.2, -0.15) is 0 Å². The van der Waals surface area contributed by atoms with Crippen LogP contribution in [0.3, 0.4) is 0 Å². The molecule has 0 radical (unpaired) electrons. The molecule has 1 heterocycles. The SMILES string of the molecule is C=C(CC)CN1CCCC1CNC. The summed E-state index contributed by atoms with van der Waals surface area (Å²) in [7, 11) is 2.03. The molecule has 2 nitrogen and oxygen atoms in total. The normalized spacial score (nSPS) is 23.7. The maximum absolute atomic E-state index is 4.07. The largest absolute Gasteiger partial charge is 0.318 e. The van der Waals surface area contributed by atoms with E-state index in [2.05, 4.69) is 23.7 Å². The summed E-state index contributed by atoms with van der Waals surface area (Å²) in [6, 6.07) is 0.744. The Morgan fingerprint density at radius 3 is 3.00 bits per heavy atom. The quantitative estimate of drug-likeness (QED) is 0.650. The zero-order valence-electron chi connectivity index (χ0n) is 8.97. The standard InChI is InChI=1S/C11H22N2/c1-4-10(2)9-13-7-5-6-11(13)8-12-3/h11-12H,2,4-9H2,1,3H3. The van der Waals surface area contributed by atoms with Crippen molar-refractivity contribution in [3.05, 3.63) is 12.2 Å². The summed E-state index contributed by atoms with van der Waals surface area (Å²) in [5, 5.41) is 3.26. The third-order valence-electron chi connectivity index (χ3n) is 2.87. The fraction of sp³-hybridized carbons (Fsp3) is 0.818. The van der Waals surface area contributed by atoms with E-state index in [1.807, 2.05) is 7.05 Å². The molecule has 1 saturated heterocycles. The Kier molecular flexibility index (Phi) is 4.46. The van der Waals surface area contributed by atoms with Crippen molar-refractivity contribution in [2.45, 2.75) is 32.2 Å². The predicted octanol–water partition coefficient (Wildman–Crippen LogP) is 1.64. The van der Waals surface area contributed by atoms with Gasteiger partial charge in [-0.25, -0.2) is 0 Å². The van der Waals surface area contributed by atoms with Crippen LogP contribution in [-0.2, 0) is 0 Å². The van der Waals surface area contributed by atoms with Crippen molar-refractivity contribution in [2.24, 2.45) is 0 Å². The van der Waals surface area contributed by atoms with E-state index in [9.17, 15) is 0 Å². The Hall–Kier alpha value is -0.340. The molecule has 1 fully saturated rings. The van der Waals surface area contributed by atoms with Crippen LogP contribution in [0.1, 0.15) is 26.2 Å². The van der Waals surface area contributed by atoms with Crippen molar-refractivity contribution in [1.82, 2.24) is 10.2 Å². The highest BCUT2D eigenvalue weighted by Crippen LogP contribution is 2.18. The topological polar surface area (TPSA) is 15.3 Å². The van der Waals surface area contributed by atoms with E-state index >= 15 is 0 Å². The summed E-state index contributed by atoms with van der Waals surface area (Å²) in [6.07, 6.45) is 3.81. The third kappa shape index (κ3) is 3.12. The summed E-state index contributed by atoms with van der Waals surface area (Å²) in [5.41, 5.74) is 1.36. The van der Waals surface area contributed by atoms with Gasteiger partial charge in [0.05, 0.1) is 0 Å². The van der Waals surface area contributed by atoms with E-state index in [0.717, 1.165) is 25.6 Å². The summed E-state index contributed by atoms with van der Waals surface area (Å²) >= 11 is 0. The van der Waals surface area contributed by atoms with Gasteiger partial charge in [-0.05, 0) is 32.9 Å². The maximum Gasteiger partial charge on any atom is 0.0224 e. The molecule has 1 rings (SSSR count). The first-order chi connectivity index (χ1) is 6.27. The van der Waals surface area contributed by atoms with Gasteiger partial charge in [-0.1, -0.05) is 19.1 Å². The number of hydrogen-bond donors (Lipinski definition) is 1. The van der Waals surface area contributed by atoms with E-state index in [4.69, 9.17) is 0 Å². The second-order valence-electron chi connectivity index (χ2n) is 3.93. The van der Waals surface area contributed by atoms with Gasteiger partial charge >= 0.3 is 0 Å². The molecule has 0 spiro atoms. The van der Waals surface area contributed by atoms with Crippen LogP contribution in [0.15, 0.2) is 12.2 Å². The molecule has 0 aromatic carbocycles. The molecule has 0 aliphatic carbocycles. The molecule has 0 saturated carbocycles. The fourth-order valence-electron chi connectivity index (χ4n) is 1.97. The van der Waals surface area contributed by atoms with E-state index in [1.54, 1.807) is 0 Å². The highest BCUT2D eigenvalue weighted by atomic mass is 15.2. The van der Waals surface area contributed by atoms with E-state index in [1.165, 1.54) is 25.0 Å². The van der Waals surface area contributed by atoms with Gasteiger partial charge in [-0.15, -0.1) is 0 Å². The van der Waals surface area contributed by atoms with Crippen molar-refractivity contribution in [3.8, 4) is 0 Å². The zero-order chi connectivity index (χ0) is 9.68. The Morgan fingerprint density at radius 1 is 1.62 bits per heavy atom. The average molecular weight is 182 g/mol. The molecule has 2 heteroatoms. The van der Waals surface area contributed by atoms with Crippen LogP contribution >= 0.6 is 0 Å². The maximum atomic E-state index is 4.07. The van der Waals surface area contributed by atoms with Gasteiger partial charge in [0.2, 0.25) is 0 Å². The number of nitrogens with one attached hydrogen (secondary N) is 1. The van der Waals surface area contributed by atoms with Crippen molar-refractivity contribution in [2.75, 3.05) is 26.7 Å². The Balaban J connectivity index is 2.34. The van der Waals surface area contributed by atoms with E-state index in [0.29, 0.717) is 0 Å². The van der Waals surface area contributed by atoms with Crippen molar-refractivity contribution in [1.29, 1.82) is 0 Å². The molecular weight excluding hydrogens is 160 g/mol. The van der Waals surface area contributed by atoms with E-state index < -0.39 is 0 Å². The molecule has 0 bridgehead atoms. The third-order valence-corrected chi connectivity index (χ3v) is 2.87. The molecule has 1 aliphatic heterocycles. The first-order valence-corrected chi connectivity index (χ1v) is 5.33. The number of rotatable bonds is 5. The van der Waals surface area contributed by atoms with Crippen LogP contribution in [0.25, 0.3) is 0 Å². The van der Waals surface area contributed by atoms with Gasteiger partial charge in [0.15, 0.2) is 0 Å². The molecule has 0 amide bonds. The number of nitrogens with zero attached hydrogens (tertiary/aromatic N) is 1. The fourth-order valence-corrected chi connectivity index (χ4v) is 1.97. The van der Waals surface area contributed by atoms with Crippen LogP contribution in [0.2, 0.25) is 0 Å². The monoisotopic (exact) mass is 182 g/mol. The van der Waals surface area contributed by atoms with E-state index in [-0.39, 0.29) is 0 Å². The predicted molar refractivity (Wildman–Crippen MR) is 58.0 cm³/mol. The zero-order valence-corrected chi connectivity index (χ0v) is 8.97. The molecule has 1 unspecified atom stereocenters. The lowest BCUT2D eigenvalue weighted by atomic mass is 10.2. The van der Waals surface area contributed by atoms with Gasteiger partial charge in [0.25, 0.3) is 0 Å². The molecule has 1 N–H and O–H groups in total. The molecule has 1 aliphatic rings. The van der Waals surface area contributed by atoms with Crippen LogP contribution < -0.4 is 5.32 Å². The minimum Gasteiger partial charge on any atom is -0.318 e. The van der Waals surface area contributed by atoms with Gasteiger partial charge < -0.3 is 5.32 Å². The summed E-state index contributed by atoms with van der Waals surface area (Å²) in [6.45, 7) is 9.73. The van der Waals surface area contributed by atoms with Crippen LogP contribution in [-0.4, -0.2) is 37.6 Å². The lowest BCUT2D eigenvalue weighted by Crippen LogP contribution is -2.37. The lowest BCUT2D eigenvalue weighted by molar-refractivity contribution is 0.269. The summed E-state index contributed by atoms with van der Waals surface area (Å²) in [4.78, 5) is 2.56. The average Bonchev–Trinajstić information content (AvgIpc) is 2.54. The van der Waals surface area contributed by atoms with Crippen molar-refractivity contribution in [3.63, 3.8) is 0 Å². The van der Waals surface area contributed by atoms with Gasteiger partial charge in [-0.3, -0.25) is 4.90 Å². The summed E-state index contributed by atoms with van der Waals surface area (Å²) < 4.78 is 0. The second kappa shape index (κ2) is 5.40. The first kappa shape index (κ1) is 10.7. The molecule has 13 heavy (non-hydrogen) atoms.